The molecule has 0 saturated heterocycles. The van der Waals surface area contributed by atoms with Crippen molar-refractivity contribution in [3.8, 4) is 0 Å². The third kappa shape index (κ3) is 6.39. The Bertz CT molecular complexity index is 598. The lowest BCUT2D eigenvalue weighted by Gasteiger charge is -2.32. The lowest BCUT2D eigenvalue weighted by Crippen LogP contribution is -2.19. The van der Waals surface area contributed by atoms with Crippen LogP contribution in [0.4, 0.5) is 0 Å². The van der Waals surface area contributed by atoms with Crippen LogP contribution >= 0.6 is 0 Å². The van der Waals surface area contributed by atoms with E-state index in [0.717, 1.165) is 12.0 Å². The quantitative estimate of drug-likeness (QED) is 0.554. The highest BCUT2D eigenvalue weighted by atomic mass is 16.4. The van der Waals surface area contributed by atoms with Gasteiger partial charge in [0, 0.05) is 0 Å². The second-order valence-corrected chi connectivity index (χ2v) is 7.12. The molecule has 0 aliphatic heterocycles. The monoisotopic (exact) mass is 316 g/mol. The van der Waals surface area contributed by atoms with E-state index < -0.39 is 5.97 Å². The minimum absolute atomic E-state index is 0.102. The highest BCUT2D eigenvalue weighted by molar-refractivity contribution is 6.00. The third-order valence-electron chi connectivity index (χ3n) is 4.24. The molecule has 0 spiro atoms. The molecule has 1 aliphatic carbocycles. The average Bonchev–Trinajstić information content (AvgIpc) is 2.35. The number of rotatable bonds is 6. The number of aliphatic carboxylic acids is 1. The summed E-state index contributed by atoms with van der Waals surface area (Å²) >= 11 is 0. The van der Waals surface area contributed by atoms with E-state index in [2.05, 4.69) is 26.8 Å². The largest absolute Gasteiger partial charge is 0.481 e. The molecule has 0 heterocycles. The van der Waals surface area contributed by atoms with Crippen LogP contribution in [0.1, 0.15) is 60.3 Å². The summed E-state index contributed by atoms with van der Waals surface area (Å²) in [6, 6.07) is 0. The van der Waals surface area contributed by atoms with Crippen molar-refractivity contribution in [3.63, 3.8) is 0 Å². The minimum atomic E-state index is -0.922. The van der Waals surface area contributed by atoms with Gasteiger partial charge >= 0.3 is 5.97 Å². The van der Waals surface area contributed by atoms with E-state index in [1.54, 1.807) is 13.0 Å². The Labute approximate surface area is 139 Å². The molecule has 0 aromatic rings. The van der Waals surface area contributed by atoms with E-state index in [4.69, 9.17) is 5.11 Å². The van der Waals surface area contributed by atoms with E-state index in [9.17, 15) is 9.59 Å². The van der Waals surface area contributed by atoms with Gasteiger partial charge in [-0.2, -0.15) is 0 Å². The molecule has 0 amide bonds. The van der Waals surface area contributed by atoms with Gasteiger partial charge in [0.15, 0.2) is 5.78 Å². The smallest absolute Gasteiger partial charge is 0.307 e. The molecule has 0 fully saturated rings. The van der Waals surface area contributed by atoms with Crippen molar-refractivity contribution in [1.29, 1.82) is 0 Å². The highest BCUT2D eigenvalue weighted by Gasteiger charge is 2.26. The Hall–Kier alpha value is -1.90. The molecule has 1 N–H and O–H groups in total. The summed E-state index contributed by atoms with van der Waals surface area (Å²) in [4.78, 5) is 22.5. The van der Waals surface area contributed by atoms with Crippen LogP contribution in [0.5, 0.6) is 0 Å². The molecule has 1 rings (SSSR count). The molecule has 0 atom stereocenters. The molecule has 126 valence electrons. The van der Waals surface area contributed by atoms with Crippen LogP contribution in [0.25, 0.3) is 0 Å². The van der Waals surface area contributed by atoms with E-state index in [0.29, 0.717) is 5.57 Å². The van der Waals surface area contributed by atoms with Gasteiger partial charge in [0.1, 0.15) is 0 Å². The van der Waals surface area contributed by atoms with Gasteiger partial charge in [0.2, 0.25) is 0 Å². The first-order valence-corrected chi connectivity index (χ1v) is 8.11. The second-order valence-electron chi connectivity index (χ2n) is 7.12. The molecular formula is C20H28O3. The van der Waals surface area contributed by atoms with Crippen molar-refractivity contribution in [1.82, 2.24) is 0 Å². The zero-order chi connectivity index (χ0) is 17.6. The fourth-order valence-corrected chi connectivity index (χ4v) is 3.07. The van der Waals surface area contributed by atoms with Gasteiger partial charge in [-0.15, -0.1) is 0 Å². The van der Waals surface area contributed by atoms with Crippen LogP contribution in [0.3, 0.4) is 0 Å². The molecule has 1 aliphatic rings. The number of hydrogen-bond donors (Lipinski definition) is 1. The van der Waals surface area contributed by atoms with Gasteiger partial charge in [0.25, 0.3) is 0 Å². The van der Waals surface area contributed by atoms with Gasteiger partial charge in [-0.05, 0) is 68.7 Å². The van der Waals surface area contributed by atoms with Gasteiger partial charge in [0.05, 0.1) is 6.42 Å². The number of ketones is 1. The molecule has 0 bridgehead atoms. The van der Waals surface area contributed by atoms with Gasteiger partial charge in [-0.25, -0.2) is 0 Å². The van der Waals surface area contributed by atoms with E-state index in [1.165, 1.54) is 30.1 Å². The van der Waals surface area contributed by atoms with E-state index in [1.807, 2.05) is 13.0 Å². The third-order valence-corrected chi connectivity index (χ3v) is 4.24. The molecule has 3 nitrogen and oxygen atoms in total. The summed E-state index contributed by atoms with van der Waals surface area (Å²) in [7, 11) is 0. The lowest BCUT2D eigenvalue weighted by atomic mass is 9.72. The van der Waals surface area contributed by atoms with Crippen molar-refractivity contribution >= 4 is 11.8 Å². The topological polar surface area (TPSA) is 54.4 Å². The minimum Gasteiger partial charge on any atom is -0.481 e. The van der Waals surface area contributed by atoms with Crippen LogP contribution in [-0.2, 0) is 9.59 Å². The first-order chi connectivity index (χ1) is 10.6. The zero-order valence-corrected chi connectivity index (χ0v) is 14.9. The molecular weight excluding hydrogens is 288 g/mol. The molecule has 23 heavy (non-hydrogen) atoms. The van der Waals surface area contributed by atoms with Crippen LogP contribution < -0.4 is 0 Å². The Balaban J connectivity index is 2.84. The van der Waals surface area contributed by atoms with Crippen molar-refractivity contribution in [2.45, 2.75) is 60.3 Å². The fourth-order valence-electron chi connectivity index (χ4n) is 3.07. The standard InChI is InChI=1S/C20H28O3/c1-14(11-17(21)12-15(2)13-19(22)23)8-9-18-16(3)7-6-10-20(18,4)5/h8-9,11-12H,6-7,10,13H2,1-5H3,(H,22,23). The maximum Gasteiger partial charge on any atom is 0.307 e. The molecule has 3 heteroatoms. The maximum atomic E-state index is 11.9. The molecule has 0 saturated carbocycles. The lowest BCUT2D eigenvalue weighted by molar-refractivity contribution is -0.136. The summed E-state index contributed by atoms with van der Waals surface area (Å²) in [5, 5.41) is 8.70. The van der Waals surface area contributed by atoms with Gasteiger partial charge < -0.3 is 5.11 Å². The normalized spacial score (nSPS) is 19.3. The number of allylic oxidation sites excluding steroid dienone is 7. The fraction of sp³-hybridized carbons (Fsp3) is 0.500. The number of carbonyl (C=O) groups excluding carboxylic acids is 1. The zero-order valence-electron chi connectivity index (χ0n) is 14.9. The predicted octanol–water partition coefficient (Wildman–Crippen LogP) is 5.01. The van der Waals surface area contributed by atoms with Crippen LogP contribution in [0, 0.1) is 5.41 Å². The van der Waals surface area contributed by atoms with Crippen molar-refractivity contribution < 1.29 is 14.7 Å². The first-order valence-electron chi connectivity index (χ1n) is 8.11. The number of carbonyl (C=O) groups is 2. The summed E-state index contributed by atoms with van der Waals surface area (Å²) in [6.45, 7) is 10.3. The van der Waals surface area contributed by atoms with Crippen molar-refractivity contribution in [2.75, 3.05) is 0 Å². The summed E-state index contributed by atoms with van der Waals surface area (Å²) in [5.74, 6) is -1.09. The van der Waals surface area contributed by atoms with Crippen molar-refractivity contribution in [3.05, 3.63) is 46.6 Å². The highest BCUT2D eigenvalue weighted by Crippen LogP contribution is 2.40. The van der Waals surface area contributed by atoms with Crippen LogP contribution in [-0.4, -0.2) is 16.9 Å². The summed E-state index contributed by atoms with van der Waals surface area (Å²) in [6.07, 6.45) is 10.5. The van der Waals surface area contributed by atoms with Crippen LogP contribution in [0.15, 0.2) is 46.6 Å². The van der Waals surface area contributed by atoms with Gasteiger partial charge in [-0.1, -0.05) is 37.1 Å². The average molecular weight is 316 g/mol. The Morgan fingerprint density at radius 3 is 2.43 bits per heavy atom. The number of carboxylic acid groups (broad SMARTS) is 1. The van der Waals surface area contributed by atoms with Gasteiger partial charge in [-0.3, -0.25) is 9.59 Å². The second kappa shape index (κ2) is 8.09. The summed E-state index contributed by atoms with van der Waals surface area (Å²) in [5.41, 5.74) is 4.40. The molecule has 0 radical (unpaired) electrons. The number of hydrogen-bond acceptors (Lipinski definition) is 2. The molecule has 0 unspecified atom stereocenters. The number of carboxylic acids is 1. The Kier molecular flexibility index (Phi) is 6.74. The molecule has 0 aromatic carbocycles. The summed E-state index contributed by atoms with van der Waals surface area (Å²) < 4.78 is 0. The van der Waals surface area contributed by atoms with E-state index in [-0.39, 0.29) is 17.6 Å². The first kappa shape index (κ1) is 19.1. The SMILES string of the molecule is CC(C=CC1=C(C)CCCC1(C)C)=CC(=O)C=C(C)CC(=O)O. The Morgan fingerprint density at radius 1 is 1.22 bits per heavy atom. The van der Waals surface area contributed by atoms with E-state index >= 15 is 0 Å². The Morgan fingerprint density at radius 2 is 1.87 bits per heavy atom. The van der Waals surface area contributed by atoms with Crippen molar-refractivity contribution in [2.24, 2.45) is 5.41 Å². The molecule has 0 aromatic heterocycles. The maximum absolute atomic E-state index is 11.9. The van der Waals surface area contributed by atoms with Crippen LogP contribution in [0.2, 0.25) is 0 Å². The predicted molar refractivity (Wildman–Crippen MR) is 94.2 cm³/mol.